The molecule has 5 nitrogen and oxygen atoms in total. The van der Waals surface area contributed by atoms with Crippen molar-refractivity contribution in [3.8, 4) is 0 Å². The van der Waals surface area contributed by atoms with Gasteiger partial charge in [-0.25, -0.2) is 4.39 Å². The Balaban J connectivity index is 1.23. The zero-order chi connectivity index (χ0) is 21.6. The molecule has 0 spiro atoms. The highest BCUT2D eigenvalue weighted by Crippen LogP contribution is 2.23. The van der Waals surface area contributed by atoms with Gasteiger partial charge in [0.2, 0.25) is 11.8 Å². The fourth-order valence-corrected chi connectivity index (χ4v) is 4.02. The molecule has 0 aromatic heterocycles. The van der Waals surface area contributed by atoms with Crippen molar-refractivity contribution in [1.82, 2.24) is 10.2 Å². The molecule has 3 aromatic carbocycles. The minimum Gasteiger partial charge on any atom is -0.352 e. The van der Waals surface area contributed by atoms with Gasteiger partial charge in [-0.2, -0.15) is 0 Å². The van der Waals surface area contributed by atoms with Gasteiger partial charge in [0.1, 0.15) is 5.82 Å². The van der Waals surface area contributed by atoms with Crippen LogP contribution in [0.25, 0.3) is 10.8 Å². The highest BCUT2D eigenvalue weighted by Gasteiger charge is 2.25. The first-order chi connectivity index (χ1) is 15.1. The van der Waals surface area contributed by atoms with E-state index in [-0.39, 0.29) is 23.5 Å². The number of nitrogens with zero attached hydrogens (tertiary/aromatic N) is 1. The number of amides is 2. The van der Waals surface area contributed by atoms with Gasteiger partial charge in [-0.05, 0) is 55.1 Å². The number of rotatable bonds is 6. The van der Waals surface area contributed by atoms with Gasteiger partial charge < -0.3 is 10.6 Å². The molecule has 2 amide bonds. The van der Waals surface area contributed by atoms with E-state index in [1.807, 2.05) is 42.5 Å². The van der Waals surface area contributed by atoms with E-state index in [9.17, 15) is 14.0 Å². The smallest absolute Gasteiger partial charge is 0.238 e. The predicted molar refractivity (Wildman–Crippen MR) is 120 cm³/mol. The van der Waals surface area contributed by atoms with Crippen LogP contribution in [0.2, 0.25) is 0 Å². The zero-order valence-electron chi connectivity index (χ0n) is 17.3. The van der Waals surface area contributed by atoms with Crippen molar-refractivity contribution in [2.75, 3.05) is 25.0 Å². The van der Waals surface area contributed by atoms with Gasteiger partial charge in [-0.15, -0.1) is 0 Å². The summed E-state index contributed by atoms with van der Waals surface area (Å²) in [5, 5.41) is 8.07. The van der Waals surface area contributed by atoms with E-state index in [0.29, 0.717) is 26.2 Å². The Morgan fingerprint density at radius 2 is 1.65 bits per heavy atom. The molecule has 0 atom stereocenters. The lowest BCUT2D eigenvalue weighted by molar-refractivity contribution is -0.126. The number of nitrogens with one attached hydrogen (secondary N) is 2. The molecule has 2 N–H and O–H groups in total. The Hall–Kier alpha value is -3.25. The summed E-state index contributed by atoms with van der Waals surface area (Å²) in [6.45, 7) is 2.12. The van der Waals surface area contributed by atoms with E-state index >= 15 is 0 Å². The second-order valence-electron chi connectivity index (χ2n) is 7.97. The summed E-state index contributed by atoms with van der Waals surface area (Å²) in [6.07, 6.45) is 1.44. The molecule has 1 saturated heterocycles. The maximum absolute atomic E-state index is 13.0. The number of carbonyl (C=O) groups excluding carboxylic acids is 2. The van der Waals surface area contributed by atoms with Crippen molar-refractivity contribution in [2.45, 2.75) is 19.4 Å². The Morgan fingerprint density at radius 3 is 2.42 bits per heavy atom. The van der Waals surface area contributed by atoms with Crippen molar-refractivity contribution in [3.63, 3.8) is 0 Å². The summed E-state index contributed by atoms with van der Waals surface area (Å²) >= 11 is 0. The van der Waals surface area contributed by atoms with Gasteiger partial charge >= 0.3 is 0 Å². The lowest BCUT2D eigenvalue weighted by Crippen LogP contribution is -2.43. The average molecular weight is 420 g/mol. The van der Waals surface area contributed by atoms with E-state index in [1.165, 1.54) is 12.1 Å². The van der Waals surface area contributed by atoms with Crippen LogP contribution >= 0.6 is 0 Å². The minimum absolute atomic E-state index is 0.0178. The van der Waals surface area contributed by atoms with Crippen molar-refractivity contribution in [3.05, 3.63) is 78.1 Å². The van der Waals surface area contributed by atoms with Gasteiger partial charge in [-0.1, -0.05) is 48.5 Å². The second-order valence-corrected chi connectivity index (χ2v) is 7.97. The number of carbonyl (C=O) groups is 2. The second kappa shape index (κ2) is 9.71. The lowest BCUT2D eigenvalue weighted by atomic mass is 9.96. The molecule has 160 valence electrons. The normalized spacial score (nSPS) is 15.0. The number of hydrogen-bond acceptors (Lipinski definition) is 3. The SMILES string of the molecule is O=C(CN1CCC(C(=O)NCc2ccc(F)cc2)CC1)Nc1cccc2ccccc12. The molecule has 1 fully saturated rings. The van der Waals surface area contributed by atoms with Crippen LogP contribution in [0.4, 0.5) is 10.1 Å². The molecule has 0 aliphatic carbocycles. The number of anilines is 1. The van der Waals surface area contributed by atoms with Crippen LogP contribution in [0.3, 0.4) is 0 Å². The van der Waals surface area contributed by atoms with Gasteiger partial charge in [0.25, 0.3) is 0 Å². The molecule has 1 aliphatic rings. The standard InChI is InChI=1S/C25H26FN3O2/c26-21-10-8-18(9-11-21)16-27-25(31)20-12-14-29(15-13-20)17-24(30)28-23-7-3-5-19-4-1-2-6-22(19)23/h1-11,20H,12-17H2,(H,27,31)(H,28,30). The third-order valence-electron chi connectivity index (χ3n) is 5.77. The fourth-order valence-electron chi connectivity index (χ4n) is 4.02. The Morgan fingerprint density at radius 1 is 0.935 bits per heavy atom. The predicted octanol–water partition coefficient (Wildman–Crippen LogP) is 3.95. The molecule has 0 radical (unpaired) electrons. The highest BCUT2D eigenvalue weighted by molar-refractivity contribution is 6.02. The van der Waals surface area contributed by atoms with Gasteiger partial charge in [-0.3, -0.25) is 14.5 Å². The van der Waals surface area contributed by atoms with Crippen molar-refractivity contribution < 1.29 is 14.0 Å². The zero-order valence-corrected chi connectivity index (χ0v) is 17.3. The van der Waals surface area contributed by atoms with Crippen LogP contribution in [-0.4, -0.2) is 36.3 Å². The molecular formula is C25H26FN3O2. The molecular weight excluding hydrogens is 393 g/mol. The molecule has 1 aliphatic heterocycles. The lowest BCUT2D eigenvalue weighted by Gasteiger charge is -2.30. The Bertz CT molecular complexity index is 1050. The summed E-state index contributed by atoms with van der Waals surface area (Å²) in [4.78, 5) is 27.1. The minimum atomic E-state index is -0.285. The van der Waals surface area contributed by atoms with Gasteiger partial charge in [0.05, 0.1) is 6.54 Å². The maximum Gasteiger partial charge on any atom is 0.238 e. The summed E-state index contributed by atoms with van der Waals surface area (Å²) in [7, 11) is 0. The molecule has 0 bridgehead atoms. The highest BCUT2D eigenvalue weighted by atomic mass is 19.1. The number of fused-ring (bicyclic) bond motifs is 1. The average Bonchev–Trinajstić information content (AvgIpc) is 2.79. The molecule has 1 heterocycles. The number of benzene rings is 3. The van der Waals surface area contributed by atoms with E-state index in [2.05, 4.69) is 15.5 Å². The summed E-state index contributed by atoms with van der Waals surface area (Å²) in [5.41, 5.74) is 1.69. The van der Waals surface area contributed by atoms with Crippen LogP contribution < -0.4 is 10.6 Å². The van der Waals surface area contributed by atoms with E-state index in [1.54, 1.807) is 12.1 Å². The van der Waals surface area contributed by atoms with Crippen LogP contribution in [0.1, 0.15) is 18.4 Å². The van der Waals surface area contributed by atoms with Gasteiger partial charge in [0, 0.05) is 23.5 Å². The number of piperidine rings is 1. The number of hydrogen-bond donors (Lipinski definition) is 2. The summed E-state index contributed by atoms with van der Waals surface area (Å²) < 4.78 is 13.0. The van der Waals surface area contributed by atoms with E-state index in [0.717, 1.165) is 34.9 Å². The van der Waals surface area contributed by atoms with Crippen molar-refractivity contribution in [2.24, 2.45) is 5.92 Å². The Kier molecular flexibility index (Phi) is 6.57. The maximum atomic E-state index is 13.0. The van der Waals surface area contributed by atoms with E-state index in [4.69, 9.17) is 0 Å². The first kappa shape index (κ1) is 21.0. The molecule has 0 saturated carbocycles. The fraction of sp³-hybridized carbons (Fsp3) is 0.280. The third kappa shape index (κ3) is 5.47. The first-order valence-corrected chi connectivity index (χ1v) is 10.6. The topological polar surface area (TPSA) is 61.4 Å². The van der Waals surface area contributed by atoms with Crippen LogP contribution in [-0.2, 0) is 16.1 Å². The largest absolute Gasteiger partial charge is 0.352 e. The monoisotopic (exact) mass is 419 g/mol. The molecule has 4 rings (SSSR count). The van der Waals surface area contributed by atoms with Crippen LogP contribution in [0.15, 0.2) is 66.7 Å². The van der Waals surface area contributed by atoms with Crippen molar-refractivity contribution >= 4 is 28.3 Å². The van der Waals surface area contributed by atoms with Gasteiger partial charge in [0.15, 0.2) is 0 Å². The Labute approximate surface area is 181 Å². The van der Waals surface area contributed by atoms with Crippen LogP contribution in [0, 0.1) is 11.7 Å². The molecule has 0 unspecified atom stereocenters. The summed E-state index contributed by atoms with van der Waals surface area (Å²) in [5.74, 6) is -0.371. The summed E-state index contributed by atoms with van der Waals surface area (Å²) in [6, 6.07) is 20.0. The van der Waals surface area contributed by atoms with E-state index < -0.39 is 0 Å². The number of halogens is 1. The van der Waals surface area contributed by atoms with Crippen LogP contribution in [0.5, 0.6) is 0 Å². The third-order valence-corrected chi connectivity index (χ3v) is 5.77. The molecule has 3 aromatic rings. The molecule has 31 heavy (non-hydrogen) atoms. The molecule has 6 heteroatoms. The quantitative estimate of drug-likeness (QED) is 0.636. The number of likely N-dealkylation sites (tertiary alicyclic amines) is 1. The van der Waals surface area contributed by atoms with Crippen molar-refractivity contribution in [1.29, 1.82) is 0 Å². The first-order valence-electron chi connectivity index (χ1n) is 10.6.